The van der Waals surface area contributed by atoms with Crippen molar-refractivity contribution in [3.63, 3.8) is 0 Å². The Hall–Kier alpha value is -3.38. The van der Waals surface area contributed by atoms with Gasteiger partial charge in [0.05, 0.1) is 30.6 Å². The molecule has 3 aromatic rings. The number of carbonyl (C=O) groups excluding carboxylic acids is 2. The molecule has 0 saturated carbocycles. The maximum Gasteiger partial charge on any atom is 0.253 e. The molecular weight excluding hydrogens is 378 g/mol. The molecule has 0 aliphatic heterocycles. The van der Waals surface area contributed by atoms with Gasteiger partial charge in [0.15, 0.2) is 0 Å². The van der Waals surface area contributed by atoms with Crippen LogP contribution in [0.15, 0.2) is 77.4 Å². The molecule has 0 bridgehead atoms. The lowest BCUT2D eigenvalue weighted by atomic mass is 10.1. The van der Waals surface area contributed by atoms with Gasteiger partial charge in [-0.2, -0.15) is 0 Å². The van der Waals surface area contributed by atoms with Crippen LogP contribution in [0.3, 0.4) is 0 Å². The summed E-state index contributed by atoms with van der Waals surface area (Å²) in [5.41, 5.74) is 2.21. The number of aryl methyl sites for hydroxylation is 1. The molecule has 2 N–H and O–H groups in total. The molecule has 0 aliphatic carbocycles. The van der Waals surface area contributed by atoms with E-state index < -0.39 is 0 Å². The van der Waals surface area contributed by atoms with Crippen LogP contribution in [0.25, 0.3) is 0 Å². The number of anilines is 1. The number of nitrogens with zero attached hydrogens (tertiary/aromatic N) is 1. The number of hydrogen-bond donors (Lipinski definition) is 2. The van der Waals surface area contributed by atoms with Gasteiger partial charge in [0.25, 0.3) is 5.91 Å². The van der Waals surface area contributed by atoms with Crippen molar-refractivity contribution >= 4 is 17.5 Å². The van der Waals surface area contributed by atoms with Gasteiger partial charge in [-0.3, -0.25) is 14.5 Å². The molecule has 0 saturated heterocycles. The van der Waals surface area contributed by atoms with Crippen molar-refractivity contribution in [2.45, 2.75) is 19.4 Å². The lowest BCUT2D eigenvalue weighted by Crippen LogP contribution is -2.32. The first-order valence-electron chi connectivity index (χ1n) is 10.0. The number of furan rings is 1. The second kappa shape index (κ2) is 11.0. The third kappa shape index (κ3) is 6.60. The molecule has 0 atom stereocenters. The minimum atomic E-state index is -0.265. The van der Waals surface area contributed by atoms with Gasteiger partial charge in [-0.25, -0.2) is 0 Å². The summed E-state index contributed by atoms with van der Waals surface area (Å²) in [7, 11) is 1.92. The predicted octanol–water partition coefficient (Wildman–Crippen LogP) is 3.71. The van der Waals surface area contributed by atoms with Crippen molar-refractivity contribution < 1.29 is 14.0 Å². The average Bonchev–Trinajstić information content (AvgIpc) is 3.27. The van der Waals surface area contributed by atoms with Crippen LogP contribution in [0.4, 0.5) is 5.69 Å². The Morgan fingerprint density at radius 3 is 2.50 bits per heavy atom. The van der Waals surface area contributed by atoms with E-state index in [1.165, 1.54) is 5.56 Å². The zero-order valence-electron chi connectivity index (χ0n) is 17.1. The molecule has 6 nitrogen and oxygen atoms in total. The van der Waals surface area contributed by atoms with E-state index >= 15 is 0 Å². The minimum Gasteiger partial charge on any atom is -0.467 e. The maximum atomic E-state index is 12.5. The van der Waals surface area contributed by atoms with Crippen molar-refractivity contribution in [3.05, 3.63) is 89.9 Å². The van der Waals surface area contributed by atoms with Gasteiger partial charge in [0.2, 0.25) is 5.91 Å². The van der Waals surface area contributed by atoms with Gasteiger partial charge in [0, 0.05) is 0 Å². The second-order valence-electron chi connectivity index (χ2n) is 7.18. The van der Waals surface area contributed by atoms with Crippen LogP contribution >= 0.6 is 0 Å². The highest BCUT2D eigenvalue weighted by Gasteiger charge is 2.14. The largest absolute Gasteiger partial charge is 0.467 e. The normalized spacial score (nSPS) is 10.7. The Kier molecular flexibility index (Phi) is 7.80. The molecule has 0 unspecified atom stereocenters. The summed E-state index contributed by atoms with van der Waals surface area (Å²) >= 11 is 0. The van der Waals surface area contributed by atoms with Gasteiger partial charge >= 0.3 is 0 Å². The number of likely N-dealkylation sites (N-methyl/N-ethyl adjacent to an activating group) is 1. The molecule has 156 valence electrons. The fourth-order valence-corrected chi connectivity index (χ4v) is 3.18. The Balaban J connectivity index is 1.47. The van der Waals surface area contributed by atoms with E-state index in [0.717, 1.165) is 19.4 Å². The van der Waals surface area contributed by atoms with Crippen LogP contribution in [0, 0.1) is 0 Å². The van der Waals surface area contributed by atoms with Crippen LogP contribution in [0.1, 0.15) is 28.1 Å². The van der Waals surface area contributed by atoms with E-state index in [9.17, 15) is 9.59 Å². The Morgan fingerprint density at radius 1 is 0.967 bits per heavy atom. The van der Waals surface area contributed by atoms with Gasteiger partial charge in [-0.1, -0.05) is 42.5 Å². The number of hydrogen-bond acceptors (Lipinski definition) is 4. The van der Waals surface area contributed by atoms with Gasteiger partial charge in [0.1, 0.15) is 5.76 Å². The summed E-state index contributed by atoms with van der Waals surface area (Å²) < 4.78 is 5.23. The first kappa shape index (κ1) is 21.3. The van der Waals surface area contributed by atoms with Crippen molar-refractivity contribution in [1.29, 1.82) is 0 Å². The first-order valence-corrected chi connectivity index (χ1v) is 10.0. The Morgan fingerprint density at radius 2 is 1.73 bits per heavy atom. The highest BCUT2D eigenvalue weighted by molar-refractivity contribution is 6.04. The standard InChI is InChI=1S/C24H27N3O3/c1-27(15-7-11-19-9-3-2-4-10-19)18-23(28)26-22-14-6-5-13-21(22)24(29)25-17-20-12-8-16-30-20/h2-6,8-10,12-14,16H,7,11,15,17-18H2,1H3,(H,25,29)(H,26,28). The minimum absolute atomic E-state index is 0.150. The molecule has 6 heteroatoms. The van der Waals surface area contributed by atoms with E-state index in [0.29, 0.717) is 17.0 Å². The lowest BCUT2D eigenvalue weighted by Gasteiger charge is -2.17. The molecule has 1 heterocycles. The van der Waals surface area contributed by atoms with Crippen LogP contribution in [0.5, 0.6) is 0 Å². The predicted molar refractivity (Wildman–Crippen MR) is 117 cm³/mol. The molecule has 1 aromatic heterocycles. The zero-order chi connectivity index (χ0) is 21.2. The number of benzene rings is 2. The SMILES string of the molecule is CN(CCCc1ccccc1)CC(=O)Nc1ccccc1C(=O)NCc1ccco1. The van der Waals surface area contributed by atoms with E-state index in [1.807, 2.05) is 30.1 Å². The summed E-state index contributed by atoms with van der Waals surface area (Å²) in [6, 6.07) is 20.9. The highest BCUT2D eigenvalue weighted by Crippen LogP contribution is 2.15. The zero-order valence-corrected chi connectivity index (χ0v) is 17.1. The fourth-order valence-electron chi connectivity index (χ4n) is 3.18. The monoisotopic (exact) mass is 405 g/mol. The molecule has 3 rings (SSSR count). The van der Waals surface area contributed by atoms with Crippen molar-refractivity contribution in [1.82, 2.24) is 10.2 Å². The van der Waals surface area contributed by atoms with Crippen molar-refractivity contribution in [2.24, 2.45) is 0 Å². The summed E-state index contributed by atoms with van der Waals surface area (Å²) in [4.78, 5) is 27.0. The molecule has 30 heavy (non-hydrogen) atoms. The molecule has 2 amide bonds. The van der Waals surface area contributed by atoms with Crippen LogP contribution in [-0.4, -0.2) is 36.9 Å². The molecule has 0 fully saturated rings. The number of carbonyl (C=O) groups is 2. The van der Waals surface area contributed by atoms with Crippen molar-refractivity contribution in [2.75, 3.05) is 25.5 Å². The quantitative estimate of drug-likeness (QED) is 0.539. The summed E-state index contributed by atoms with van der Waals surface area (Å²) in [6.07, 6.45) is 3.51. The van der Waals surface area contributed by atoms with Crippen LogP contribution < -0.4 is 10.6 Å². The maximum absolute atomic E-state index is 12.5. The number of para-hydroxylation sites is 1. The molecule has 0 spiro atoms. The Bertz CT molecular complexity index is 939. The number of nitrogens with one attached hydrogen (secondary N) is 2. The van der Waals surface area contributed by atoms with E-state index in [4.69, 9.17) is 4.42 Å². The number of amides is 2. The van der Waals surface area contributed by atoms with Gasteiger partial charge in [-0.15, -0.1) is 0 Å². The highest BCUT2D eigenvalue weighted by atomic mass is 16.3. The second-order valence-corrected chi connectivity index (χ2v) is 7.18. The topological polar surface area (TPSA) is 74.6 Å². The smallest absolute Gasteiger partial charge is 0.253 e. The van der Waals surface area contributed by atoms with Crippen LogP contribution in [0.2, 0.25) is 0 Å². The van der Waals surface area contributed by atoms with Crippen LogP contribution in [-0.2, 0) is 17.8 Å². The van der Waals surface area contributed by atoms with E-state index in [1.54, 1.807) is 42.7 Å². The first-order chi connectivity index (χ1) is 14.6. The molecule has 0 radical (unpaired) electrons. The Labute approximate surface area is 176 Å². The van der Waals surface area contributed by atoms with Gasteiger partial charge in [-0.05, 0) is 56.3 Å². The number of rotatable bonds is 10. The molecule has 0 aliphatic rings. The summed E-state index contributed by atoms with van der Waals surface area (Å²) in [5.74, 6) is 0.254. The fraction of sp³-hybridized carbons (Fsp3) is 0.250. The lowest BCUT2D eigenvalue weighted by molar-refractivity contribution is -0.117. The van der Waals surface area contributed by atoms with E-state index in [-0.39, 0.29) is 24.9 Å². The van der Waals surface area contributed by atoms with E-state index in [2.05, 4.69) is 22.8 Å². The average molecular weight is 405 g/mol. The van der Waals surface area contributed by atoms with Crippen molar-refractivity contribution in [3.8, 4) is 0 Å². The summed E-state index contributed by atoms with van der Waals surface area (Å²) in [5, 5.41) is 5.66. The molecular formula is C24H27N3O3. The summed E-state index contributed by atoms with van der Waals surface area (Å²) in [6.45, 7) is 1.36. The third-order valence-electron chi connectivity index (χ3n) is 4.71. The van der Waals surface area contributed by atoms with Gasteiger partial charge < -0.3 is 15.1 Å². The molecule has 2 aromatic carbocycles. The third-order valence-corrected chi connectivity index (χ3v) is 4.71.